The molecule has 0 saturated carbocycles. The fourth-order valence-electron chi connectivity index (χ4n) is 2.16. The van der Waals surface area contributed by atoms with Gasteiger partial charge in [-0.1, -0.05) is 12.1 Å². The molecule has 0 radical (unpaired) electrons. The molecule has 2 atom stereocenters. The van der Waals surface area contributed by atoms with E-state index in [1.165, 1.54) is 6.26 Å². The lowest BCUT2D eigenvalue weighted by Crippen LogP contribution is -2.52. The van der Waals surface area contributed by atoms with Crippen molar-refractivity contribution in [3.63, 3.8) is 0 Å². The van der Waals surface area contributed by atoms with E-state index in [0.29, 0.717) is 12.2 Å². The highest BCUT2D eigenvalue weighted by Gasteiger charge is 2.35. The lowest BCUT2D eigenvalue weighted by Gasteiger charge is -2.39. The molecule has 0 spiro atoms. The van der Waals surface area contributed by atoms with Crippen LogP contribution in [0.3, 0.4) is 0 Å². The van der Waals surface area contributed by atoms with Crippen molar-refractivity contribution in [2.45, 2.75) is 31.2 Å². The van der Waals surface area contributed by atoms with E-state index in [1.54, 1.807) is 11.8 Å². The van der Waals surface area contributed by atoms with Gasteiger partial charge in [0.25, 0.3) is 0 Å². The van der Waals surface area contributed by atoms with Gasteiger partial charge in [-0.15, -0.1) is 0 Å². The lowest BCUT2D eigenvalue weighted by molar-refractivity contribution is 0.189. The van der Waals surface area contributed by atoms with Crippen molar-refractivity contribution < 1.29 is 13.6 Å². The number of oxime groups is 1. The Balaban J connectivity index is 2.87. The van der Waals surface area contributed by atoms with Crippen LogP contribution in [0.1, 0.15) is 19.8 Å². The number of thioether (sulfide) groups is 1. The molecule has 1 fully saturated rings. The Morgan fingerprint density at radius 2 is 2.33 bits per heavy atom. The minimum atomic E-state index is -3.11. The van der Waals surface area contributed by atoms with Crippen LogP contribution >= 0.6 is 11.8 Å². The van der Waals surface area contributed by atoms with Gasteiger partial charge < -0.3 is 10.9 Å². The minimum absolute atomic E-state index is 0.00141. The van der Waals surface area contributed by atoms with Crippen LogP contribution in [0.4, 0.5) is 0 Å². The lowest BCUT2D eigenvalue weighted by atomic mass is 10.1. The molecule has 0 aliphatic carbocycles. The van der Waals surface area contributed by atoms with E-state index in [0.717, 1.165) is 18.7 Å². The highest BCUT2D eigenvalue weighted by atomic mass is 32.2. The molecule has 0 aromatic rings. The molecular formula is C10H21N3O3S2. The van der Waals surface area contributed by atoms with Crippen LogP contribution < -0.4 is 5.73 Å². The molecular weight excluding hydrogens is 274 g/mol. The van der Waals surface area contributed by atoms with Crippen LogP contribution in [0, 0.1) is 0 Å². The molecule has 2 unspecified atom stereocenters. The SMILES string of the molecule is CCC(CC(N)=NO)N1CCSCC1S(C)(=O)=O. The second-order valence-electron chi connectivity index (χ2n) is 4.45. The van der Waals surface area contributed by atoms with Crippen LogP contribution in [0.2, 0.25) is 0 Å². The summed E-state index contributed by atoms with van der Waals surface area (Å²) in [6, 6.07) is 0.00141. The van der Waals surface area contributed by atoms with Gasteiger partial charge in [-0.05, 0) is 6.42 Å². The fraction of sp³-hybridized carbons (Fsp3) is 0.900. The number of hydrogen-bond acceptors (Lipinski definition) is 6. The molecule has 1 aliphatic rings. The highest BCUT2D eigenvalue weighted by Crippen LogP contribution is 2.24. The first-order valence-electron chi connectivity index (χ1n) is 5.88. The third kappa shape index (κ3) is 4.03. The maximum absolute atomic E-state index is 11.8. The first-order valence-corrected chi connectivity index (χ1v) is 8.99. The summed E-state index contributed by atoms with van der Waals surface area (Å²) in [5, 5.41) is 11.1. The van der Waals surface area contributed by atoms with E-state index in [9.17, 15) is 8.42 Å². The molecule has 1 rings (SSSR count). The van der Waals surface area contributed by atoms with E-state index in [1.807, 2.05) is 11.8 Å². The number of sulfone groups is 1. The van der Waals surface area contributed by atoms with Gasteiger partial charge >= 0.3 is 0 Å². The van der Waals surface area contributed by atoms with E-state index in [-0.39, 0.29) is 11.9 Å². The summed E-state index contributed by atoms with van der Waals surface area (Å²) in [5.74, 6) is 1.65. The van der Waals surface area contributed by atoms with Crippen LogP contribution in [0.25, 0.3) is 0 Å². The van der Waals surface area contributed by atoms with Crippen LogP contribution in [-0.4, -0.2) is 60.1 Å². The molecule has 0 aromatic carbocycles. The topological polar surface area (TPSA) is 96.0 Å². The van der Waals surface area contributed by atoms with E-state index in [4.69, 9.17) is 10.9 Å². The molecule has 1 saturated heterocycles. The van der Waals surface area contributed by atoms with Crippen molar-refractivity contribution in [1.29, 1.82) is 0 Å². The Bertz CT molecular complexity index is 397. The monoisotopic (exact) mass is 295 g/mol. The van der Waals surface area contributed by atoms with Gasteiger partial charge in [-0.25, -0.2) is 8.42 Å². The molecule has 0 bridgehead atoms. The van der Waals surface area contributed by atoms with Gasteiger partial charge in [-0.3, -0.25) is 4.90 Å². The Morgan fingerprint density at radius 3 is 2.83 bits per heavy atom. The van der Waals surface area contributed by atoms with Crippen molar-refractivity contribution in [2.75, 3.05) is 24.3 Å². The molecule has 6 nitrogen and oxygen atoms in total. The standard InChI is InChI=1S/C10H21N3O3S2/c1-3-8(6-9(11)12-14)13-4-5-17-7-10(13)18(2,15)16/h8,10,14H,3-7H2,1-2H3,(H2,11,12). The largest absolute Gasteiger partial charge is 0.409 e. The van der Waals surface area contributed by atoms with Gasteiger partial charge in [0, 0.05) is 36.8 Å². The van der Waals surface area contributed by atoms with Crippen molar-refractivity contribution in [3.8, 4) is 0 Å². The highest BCUT2D eigenvalue weighted by molar-refractivity contribution is 8.00. The Hall–Kier alpha value is -0.470. The Morgan fingerprint density at radius 1 is 1.67 bits per heavy atom. The quantitative estimate of drug-likeness (QED) is 0.328. The zero-order valence-corrected chi connectivity index (χ0v) is 12.4. The maximum Gasteiger partial charge on any atom is 0.164 e. The first-order chi connectivity index (χ1) is 8.40. The smallest absolute Gasteiger partial charge is 0.164 e. The zero-order chi connectivity index (χ0) is 13.8. The first kappa shape index (κ1) is 15.6. The molecule has 106 valence electrons. The number of rotatable bonds is 5. The Kier molecular flexibility index (Phi) is 5.74. The molecule has 8 heteroatoms. The summed E-state index contributed by atoms with van der Waals surface area (Å²) in [5.41, 5.74) is 5.53. The number of hydrogen-bond donors (Lipinski definition) is 2. The minimum Gasteiger partial charge on any atom is -0.409 e. The molecule has 18 heavy (non-hydrogen) atoms. The van der Waals surface area contributed by atoms with Crippen molar-refractivity contribution in [3.05, 3.63) is 0 Å². The van der Waals surface area contributed by atoms with Gasteiger partial charge in [0.05, 0.1) is 0 Å². The summed E-state index contributed by atoms with van der Waals surface area (Å²) < 4.78 is 23.6. The molecule has 1 aliphatic heterocycles. The number of amidine groups is 1. The van der Waals surface area contributed by atoms with E-state index < -0.39 is 15.2 Å². The zero-order valence-electron chi connectivity index (χ0n) is 10.7. The van der Waals surface area contributed by atoms with Crippen LogP contribution in [0.5, 0.6) is 0 Å². The van der Waals surface area contributed by atoms with Crippen molar-refractivity contribution >= 4 is 27.4 Å². The summed E-state index contributed by atoms with van der Waals surface area (Å²) in [4.78, 5) is 1.98. The molecule has 3 N–H and O–H groups in total. The molecule has 1 heterocycles. The summed E-state index contributed by atoms with van der Waals surface area (Å²) >= 11 is 1.65. The van der Waals surface area contributed by atoms with Crippen molar-refractivity contribution in [1.82, 2.24) is 4.90 Å². The average Bonchev–Trinajstić information content (AvgIpc) is 2.34. The summed E-state index contributed by atoms with van der Waals surface area (Å²) in [7, 11) is -3.11. The summed E-state index contributed by atoms with van der Waals surface area (Å²) in [6.45, 7) is 2.70. The second kappa shape index (κ2) is 6.63. The predicted octanol–water partition coefficient (Wildman–Crippen LogP) is 0.321. The van der Waals surface area contributed by atoms with Gasteiger partial charge in [-0.2, -0.15) is 11.8 Å². The van der Waals surface area contributed by atoms with Crippen molar-refractivity contribution in [2.24, 2.45) is 10.9 Å². The van der Waals surface area contributed by atoms with Gasteiger partial charge in [0.15, 0.2) is 9.84 Å². The second-order valence-corrected chi connectivity index (χ2v) is 7.81. The number of nitrogens with two attached hydrogens (primary N) is 1. The molecule has 0 aromatic heterocycles. The Labute approximate surface area is 113 Å². The van der Waals surface area contributed by atoms with Gasteiger partial charge in [0.2, 0.25) is 0 Å². The fourth-order valence-corrected chi connectivity index (χ4v) is 5.11. The van der Waals surface area contributed by atoms with Crippen LogP contribution in [-0.2, 0) is 9.84 Å². The maximum atomic E-state index is 11.8. The van der Waals surface area contributed by atoms with E-state index in [2.05, 4.69) is 5.16 Å². The van der Waals surface area contributed by atoms with E-state index >= 15 is 0 Å². The summed E-state index contributed by atoms with van der Waals surface area (Å²) in [6.07, 6.45) is 2.43. The normalized spacial score (nSPS) is 25.0. The average molecular weight is 295 g/mol. The third-order valence-electron chi connectivity index (χ3n) is 3.13. The predicted molar refractivity (Wildman–Crippen MR) is 74.8 cm³/mol. The molecule has 0 amide bonds. The van der Waals surface area contributed by atoms with Crippen LogP contribution in [0.15, 0.2) is 5.16 Å². The number of nitrogens with zero attached hydrogens (tertiary/aromatic N) is 2. The van der Waals surface area contributed by atoms with Gasteiger partial charge in [0.1, 0.15) is 11.2 Å². The third-order valence-corrected chi connectivity index (χ3v) is 5.79.